The minimum absolute atomic E-state index is 0.0276. The topological polar surface area (TPSA) is 54.5 Å². The molecule has 1 unspecified atom stereocenters. The number of hydrogen-bond acceptors (Lipinski definition) is 3. The molecule has 0 fully saturated rings. The number of hydrogen-bond donors (Lipinski definition) is 0. The highest BCUT2D eigenvalue weighted by atomic mass is 32.2. The number of rotatable bonds is 2. The van der Waals surface area contributed by atoms with Crippen LogP contribution in [0.4, 0.5) is 0 Å². The number of carbonyl (C=O) groups excluding carboxylic acids is 1. The molecule has 1 aliphatic carbocycles. The Morgan fingerprint density at radius 1 is 1.18 bits per heavy atom. The second-order valence-corrected chi connectivity index (χ2v) is 7.78. The first kappa shape index (κ1) is 15.0. The number of fused-ring (bicyclic) bond motifs is 1. The van der Waals surface area contributed by atoms with E-state index in [0.717, 1.165) is 17.6 Å². The van der Waals surface area contributed by atoms with Crippen molar-refractivity contribution < 1.29 is 13.2 Å². The van der Waals surface area contributed by atoms with E-state index in [4.69, 9.17) is 0 Å². The molecule has 0 saturated carbocycles. The van der Waals surface area contributed by atoms with Gasteiger partial charge < -0.3 is 0 Å². The third-order valence-electron chi connectivity index (χ3n) is 4.21. The SMILES string of the molecule is Cc1ccc(S(=O)(=O)N2C=CC3=CCCC(=O)CC3C2)cc1. The molecule has 0 spiro atoms. The fraction of sp³-hybridized carbons (Fsp3) is 0.353. The number of ketones is 1. The van der Waals surface area contributed by atoms with Crippen LogP contribution in [-0.2, 0) is 14.8 Å². The summed E-state index contributed by atoms with van der Waals surface area (Å²) in [6.45, 7) is 2.26. The van der Waals surface area contributed by atoms with Crippen molar-refractivity contribution >= 4 is 15.8 Å². The van der Waals surface area contributed by atoms with Crippen LogP contribution in [0.1, 0.15) is 24.8 Å². The van der Waals surface area contributed by atoms with Gasteiger partial charge in [0.05, 0.1) is 4.90 Å². The first-order chi connectivity index (χ1) is 10.5. The number of sulfonamides is 1. The van der Waals surface area contributed by atoms with Gasteiger partial charge in [-0.05, 0) is 37.1 Å². The lowest BCUT2D eigenvalue weighted by atomic mass is 9.93. The molecule has 0 N–H and O–H groups in total. The molecule has 1 aliphatic heterocycles. The molecule has 116 valence electrons. The van der Waals surface area contributed by atoms with E-state index in [1.165, 1.54) is 4.31 Å². The quantitative estimate of drug-likeness (QED) is 0.843. The van der Waals surface area contributed by atoms with E-state index in [1.807, 2.05) is 13.0 Å². The van der Waals surface area contributed by atoms with Gasteiger partial charge in [0.15, 0.2) is 0 Å². The molecular formula is C17H19NO3S. The summed E-state index contributed by atoms with van der Waals surface area (Å²) in [5.41, 5.74) is 2.11. The zero-order chi connectivity index (χ0) is 15.7. The zero-order valence-electron chi connectivity index (χ0n) is 12.5. The number of benzene rings is 1. The fourth-order valence-electron chi connectivity index (χ4n) is 2.91. The van der Waals surface area contributed by atoms with Crippen LogP contribution in [0.15, 0.2) is 53.1 Å². The second-order valence-electron chi connectivity index (χ2n) is 5.89. The van der Waals surface area contributed by atoms with Gasteiger partial charge in [-0.1, -0.05) is 23.8 Å². The van der Waals surface area contributed by atoms with Crippen molar-refractivity contribution in [2.75, 3.05) is 6.54 Å². The number of carbonyl (C=O) groups is 1. The zero-order valence-corrected chi connectivity index (χ0v) is 13.3. The molecule has 2 aliphatic rings. The van der Waals surface area contributed by atoms with E-state index in [1.54, 1.807) is 30.5 Å². The lowest BCUT2D eigenvalue weighted by Crippen LogP contribution is -2.34. The average molecular weight is 317 g/mol. The maximum atomic E-state index is 12.7. The molecule has 3 rings (SSSR count). The second kappa shape index (κ2) is 5.72. The summed E-state index contributed by atoms with van der Waals surface area (Å²) in [6, 6.07) is 6.84. The third-order valence-corrected chi connectivity index (χ3v) is 5.97. The number of allylic oxidation sites excluding steroid dienone is 2. The van der Waals surface area contributed by atoms with Gasteiger partial charge in [0, 0.05) is 31.5 Å². The molecule has 1 atom stereocenters. The third kappa shape index (κ3) is 2.86. The Labute approximate surface area is 131 Å². The first-order valence-corrected chi connectivity index (χ1v) is 8.89. The van der Waals surface area contributed by atoms with E-state index in [9.17, 15) is 13.2 Å². The molecular weight excluding hydrogens is 298 g/mol. The number of nitrogens with zero attached hydrogens (tertiary/aromatic N) is 1. The minimum atomic E-state index is -3.55. The standard InChI is InChI=1S/C17H19NO3S/c1-13-5-7-17(8-6-13)22(20,21)18-10-9-14-3-2-4-16(19)11-15(14)12-18/h3,5-10,15H,2,4,11-12H2,1H3. The van der Waals surface area contributed by atoms with Gasteiger partial charge in [0.25, 0.3) is 10.0 Å². The molecule has 0 amide bonds. The van der Waals surface area contributed by atoms with Crippen LogP contribution in [-0.4, -0.2) is 25.1 Å². The molecule has 0 bridgehead atoms. The van der Waals surface area contributed by atoms with Crippen LogP contribution in [0.3, 0.4) is 0 Å². The molecule has 4 nitrogen and oxygen atoms in total. The van der Waals surface area contributed by atoms with Gasteiger partial charge >= 0.3 is 0 Å². The highest BCUT2D eigenvalue weighted by Gasteiger charge is 2.30. The van der Waals surface area contributed by atoms with Crippen molar-refractivity contribution in [1.29, 1.82) is 0 Å². The van der Waals surface area contributed by atoms with Crippen LogP contribution in [0, 0.1) is 12.8 Å². The first-order valence-electron chi connectivity index (χ1n) is 7.45. The molecule has 1 heterocycles. The van der Waals surface area contributed by atoms with Crippen molar-refractivity contribution in [3.05, 3.63) is 53.8 Å². The number of Topliss-reactive ketones (excluding diaryl/α,β-unsaturated/α-hetero) is 1. The Hall–Kier alpha value is -1.88. The van der Waals surface area contributed by atoms with Gasteiger partial charge in [-0.2, -0.15) is 0 Å². The highest BCUT2D eigenvalue weighted by Crippen LogP contribution is 2.30. The van der Waals surface area contributed by atoms with Gasteiger partial charge in [0.1, 0.15) is 5.78 Å². The molecule has 22 heavy (non-hydrogen) atoms. The minimum Gasteiger partial charge on any atom is -0.300 e. The Balaban J connectivity index is 1.90. The normalized spacial score (nSPS) is 22.0. The van der Waals surface area contributed by atoms with Crippen molar-refractivity contribution in [2.45, 2.75) is 31.1 Å². The Bertz CT molecular complexity index is 745. The predicted octanol–water partition coefficient (Wildman–Crippen LogP) is 2.81. The summed E-state index contributed by atoms with van der Waals surface area (Å²) in [5.74, 6) is 0.180. The molecule has 0 saturated heterocycles. The lowest BCUT2D eigenvalue weighted by molar-refractivity contribution is -0.119. The molecule has 5 heteroatoms. The average Bonchev–Trinajstić information content (AvgIpc) is 2.67. The van der Waals surface area contributed by atoms with E-state index in [0.29, 0.717) is 19.4 Å². The highest BCUT2D eigenvalue weighted by molar-refractivity contribution is 7.89. The lowest BCUT2D eigenvalue weighted by Gasteiger charge is -2.30. The number of aryl methyl sites for hydroxylation is 1. The Morgan fingerprint density at radius 2 is 1.91 bits per heavy atom. The van der Waals surface area contributed by atoms with Crippen LogP contribution in [0.2, 0.25) is 0 Å². The van der Waals surface area contributed by atoms with Gasteiger partial charge in [-0.25, -0.2) is 8.42 Å². The van der Waals surface area contributed by atoms with E-state index >= 15 is 0 Å². The van der Waals surface area contributed by atoms with E-state index in [2.05, 4.69) is 6.08 Å². The molecule has 1 aromatic carbocycles. The maximum absolute atomic E-state index is 12.7. The smallest absolute Gasteiger partial charge is 0.263 e. The van der Waals surface area contributed by atoms with Crippen LogP contribution < -0.4 is 0 Å². The molecule has 0 radical (unpaired) electrons. The monoisotopic (exact) mass is 317 g/mol. The van der Waals surface area contributed by atoms with Gasteiger partial charge in [-0.15, -0.1) is 0 Å². The van der Waals surface area contributed by atoms with Crippen molar-refractivity contribution in [3.8, 4) is 0 Å². The summed E-state index contributed by atoms with van der Waals surface area (Å²) in [6.07, 6.45) is 7.24. The molecule has 0 aromatic heterocycles. The van der Waals surface area contributed by atoms with Gasteiger partial charge in [0.2, 0.25) is 0 Å². The summed E-state index contributed by atoms with van der Waals surface area (Å²) in [4.78, 5) is 12.1. The largest absolute Gasteiger partial charge is 0.300 e. The molecule has 1 aromatic rings. The summed E-state index contributed by atoms with van der Waals surface area (Å²) in [7, 11) is -3.55. The van der Waals surface area contributed by atoms with Crippen molar-refractivity contribution in [3.63, 3.8) is 0 Å². The van der Waals surface area contributed by atoms with Crippen LogP contribution in [0.25, 0.3) is 0 Å². The summed E-state index contributed by atoms with van der Waals surface area (Å²) < 4.78 is 26.8. The van der Waals surface area contributed by atoms with Crippen LogP contribution >= 0.6 is 0 Å². The van der Waals surface area contributed by atoms with E-state index in [-0.39, 0.29) is 16.6 Å². The summed E-state index contributed by atoms with van der Waals surface area (Å²) in [5, 5.41) is 0. The van der Waals surface area contributed by atoms with Gasteiger partial charge in [-0.3, -0.25) is 9.10 Å². The van der Waals surface area contributed by atoms with Crippen LogP contribution in [0.5, 0.6) is 0 Å². The summed E-state index contributed by atoms with van der Waals surface area (Å²) >= 11 is 0. The Morgan fingerprint density at radius 3 is 2.64 bits per heavy atom. The van der Waals surface area contributed by atoms with Crippen molar-refractivity contribution in [1.82, 2.24) is 4.31 Å². The fourth-order valence-corrected chi connectivity index (χ4v) is 4.25. The predicted molar refractivity (Wildman–Crippen MR) is 84.6 cm³/mol. The Kier molecular flexibility index (Phi) is 3.91. The van der Waals surface area contributed by atoms with E-state index < -0.39 is 10.0 Å². The van der Waals surface area contributed by atoms with Crippen molar-refractivity contribution in [2.24, 2.45) is 5.92 Å². The maximum Gasteiger partial charge on any atom is 0.263 e.